The summed E-state index contributed by atoms with van der Waals surface area (Å²) in [5.41, 5.74) is 0.519. The molecule has 8 nitrogen and oxygen atoms in total. The first-order valence-electron chi connectivity index (χ1n) is 10.5. The van der Waals surface area contributed by atoms with Gasteiger partial charge < -0.3 is 5.11 Å². The number of halogens is 2. The second kappa shape index (κ2) is 8.36. The Morgan fingerprint density at radius 3 is 2.42 bits per heavy atom. The van der Waals surface area contributed by atoms with Crippen LogP contribution in [0.4, 0.5) is 8.78 Å². The number of fused-ring (bicyclic) bond motifs is 1. The van der Waals surface area contributed by atoms with E-state index in [0.29, 0.717) is 16.8 Å². The van der Waals surface area contributed by atoms with Gasteiger partial charge in [-0.05, 0) is 55.2 Å². The Bertz CT molecular complexity index is 1500. The van der Waals surface area contributed by atoms with Crippen LogP contribution in [0.25, 0.3) is 22.4 Å². The third-order valence-corrected chi connectivity index (χ3v) is 5.59. The topological polar surface area (TPSA) is 94.9 Å². The maximum Gasteiger partial charge on any atom is 0.352 e. The van der Waals surface area contributed by atoms with Crippen molar-refractivity contribution in [3.05, 3.63) is 79.9 Å². The zero-order valence-electron chi connectivity index (χ0n) is 18.6. The first-order valence-corrected chi connectivity index (χ1v) is 10.5. The number of hydrogen-bond acceptors (Lipinski definition) is 5. The van der Waals surface area contributed by atoms with E-state index in [1.807, 2.05) is 13.8 Å². The van der Waals surface area contributed by atoms with E-state index in [-0.39, 0.29) is 35.0 Å². The minimum absolute atomic E-state index is 0.0229. The molecule has 0 aliphatic carbocycles. The average Bonchev–Trinajstić information content (AvgIpc) is 3.11. The predicted molar refractivity (Wildman–Crippen MR) is 119 cm³/mol. The number of pyridine rings is 2. The van der Waals surface area contributed by atoms with Crippen LogP contribution in [-0.2, 0) is 13.2 Å². The molecule has 1 N–H and O–H groups in total. The van der Waals surface area contributed by atoms with E-state index < -0.39 is 29.5 Å². The van der Waals surface area contributed by atoms with Crippen LogP contribution >= 0.6 is 0 Å². The summed E-state index contributed by atoms with van der Waals surface area (Å²) in [6.45, 7) is 6.83. The highest BCUT2D eigenvalue weighted by atomic mass is 19.1. The summed E-state index contributed by atoms with van der Waals surface area (Å²) in [6, 6.07) is 5.33. The Kier molecular flexibility index (Phi) is 5.71. The molecule has 172 valence electrons. The number of rotatable bonds is 5. The van der Waals surface area contributed by atoms with Crippen LogP contribution in [0.1, 0.15) is 43.6 Å². The van der Waals surface area contributed by atoms with E-state index in [0.717, 1.165) is 10.7 Å². The van der Waals surface area contributed by atoms with E-state index in [1.54, 1.807) is 20.0 Å². The van der Waals surface area contributed by atoms with Crippen LogP contribution in [0.5, 0.6) is 0 Å². The minimum atomic E-state index is -0.908. The molecular formula is C23H23F2N5O3. The van der Waals surface area contributed by atoms with Gasteiger partial charge in [0.15, 0.2) is 17.5 Å². The lowest BCUT2D eigenvalue weighted by Crippen LogP contribution is -2.26. The molecule has 4 rings (SSSR count). The van der Waals surface area contributed by atoms with Gasteiger partial charge in [-0.15, -0.1) is 5.10 Å². The molecule has 0 amide bonds. The van der Waals surface area contributed by atoms with Gasteiger partial charge >= 0.3 is 5.69 Å². The number of aryl methyl sites for hydroxylation is 1. The van der Waals surface area contributed by atoms with Crippen LogP contribution in [-0.4, -0.2) is 29.0 Å². The zero-order chi connectivity index (χ0) is 24.0. The number of benzene rings is 1. The number of aliphatic hydroxyl groups is 1. The lowest BCUT2D eigenvalue weighted by molar-refractivity contribution is 0.264. The van der Waals surface area contributed by atoms with Crippen molar-refractivity contribution >= 4 is 10.9 Å². The fourth-order valence-corrected chi connectivity index (χ4v) is 3.80. The summed E-state index contributed by atoms with van der Waals surface area (Å²) in [4.78, 5) is 30.3. The van der Waals surface area contributed by atoms with E-state index >= 15 is 4.39 Å². The Balaban J connectivity index is 2.03. The molecule has 10 heteroatoms. The Hall–Kier alpha value is -3.66. The molecule has 0 aliphatic heterocycles. The first kappa shape index (κ1) is 22.5. The highest BCUT2D eigenvalue weighted by Gasteiger charge is 2.21. The highest BCUT2D eigenvalue weighted by Crippen LogP contribution is 2.26. The quantitative estimate of drug-likeness (QED) is 0.499. The molecule has 0 spiro atoms. The molecule has 0 saturated carbocycles. The van der Waals surface area contributed by atoms with Crippen molar-refractivity contribution in [2.24, 2.45) is 0 Å². The fraction of sp³-hybridized carbons (Fsp3) is 0.304. The van der Waals surface area contributed by atoms with Crippen molar-refractivity contribution < 1.29 is 13.9 Å². The third kappa shape index (κ3) is 3.66. The summed E-state index contributed by atoms with van der Waals surface area (Å²) in [6.07, 6.45) is 1.60. The molecule has 0 aliphatic rings. The molecule has 0 atom stereocenters. The molecule has 0 unspecified atom stereocenters. The maximum atomic E-state index is 15.2. The molecule has 4 aromatic rings. The van der Waals surface area contributed by atoms with Gasteiger partial charge in [0, 0.05) is 18.4 Å². The van der Waals surface area contributed by atoms with Gasteiger partial charge in [-0.25, -0.2) is 18.6 Å². The van der Waals surface area contributed by atoms with Crippen LogP contribution in [0.3, 0.4) is 0 Å². The van der Waals surface area contributed by atoms with Crippen molar-refractivity contribution in [3.8, 4) is 11.5 Å². The van der Waals surface area contributed by atoms with Crippen LogP contribution < -0.4 is 11.2 Å². The van der Waals surface area contributed by atoms with Crippen molar-refractivity contribution in [1.82, 2.24) is 23.9 Å². The van der Waals surface area contributed by atoms with E-state index in [4.69, 9.17) is 0 Å². The Morgan fingerprint density at radius 1 is 1.12 bits per heavy atom. The van der Waals surface area contributed by atoms with Crippen LogP contribution in [0.2, 0.25) is 0 Å². The molecule has 3 aromatic heterocycles. The zero-order valence-corrected chi connectivity index (χ0v) is 18.6. The third-order valence-electron chi connectivity index (χ3n) is 5.59. The van der Waals surface area contributed by atoms with Gasteiger partial charge in [0.1, 0.15) is 12.4 Å². The number of aliphatic hydroxyl groups excluding tert-OH is 1. The van der Waals surface area contributed by atoms with Gasteiger partial charge in [-0.1, -0.05) is 13.8 Å². The normalized spacial score (nSPS) is 11.6. The van der Waals surface area contributed by atoms with Gasteiger partial charge in [0.25, 0.3) is 5.56 Å². The SMILES string of the molecule is CCn1c(CO)nn(-c2nc3c(C(C)C)cn(-c4ccc(F)c(C)c4)c(=O)c3cc2F)c1=O. The molecule has 33 heavy (non-hydrogen) atoms. The first-order chi connectivity index (χ1) is 15.7. The molecule has 0 saturated heterocycles. The molecule has 0 radical (unpaired) electrons. The van der Waals surface area contributed by atoms with E-state index in [2.05, 4.69) is 10.1 Å². The second-order valence-corrected chi connectivity index (χ2v) is 8.05. The van der Waals surface area contributed by atoms with Crippen molar-refractivity contribution in [1.29, 1.82) is 0 Å². The summed E-state index contributed by atoms with van der Waals surface area (Å²) >= 11 is 0. The van der Waals surface area contributed by atoms with E-state index in [1.165, 1.54) is 27.3 Å². The van der Waals surface area contributed by atoms with Crippen molar-refractivity contribution in [2.45, 2.75) is 46.8 Å². The molecule has 0 bridgehead atoms. The second-order valence-electron chi connectivity index (χ2n) is 8.05. The van der Waals surface area contributed by atoms with Crippen LogP contribution in [0.15, 0.2) is 40.1 Å². The number of aromatic nitrogens is 5. The minimum Gasteiger partial charge on any atom is -0.388 e. The molecule has 1 aromatic carbocycles. The molecular weight excluding hydrogens is 432 g/mol. The van der Waals surface area contributed by atoms with Crippen molar-refractivity contribution in [2.75, 3.05) is 0 Å². The van der Waals surface area contributed by atoms with Gasteiger partial charge in [0.05, 0.1) is 10.9 Å². The Morgan fingerprint density at radius 2 is 1.85 bits per heavy atom. The number of hydrogen-bond donors (Lipinski definition) is 1. The molecule has 3 heterocycles. The summed E-state index contributed by atoms with van der Waals surface area (Å²) in [5.74, 6) is -1.69. The summed E-state index contributed by atoms with van der Waals surface area (Å²) in [7, 11) is 0. The fourth-order valence-electron chi connectivity index (χ4n) is 3.80. The van der Waals surface area contributed by atoms with Gasteiger partial charge in [-0.2, -0.15) is 4.68 Å². The van der Waals surface area contributed by atoms with Gasteiger partial charge in [0.2, 0.25) is 0 Å². The highest BCUT2D eigenvalue weighted by molar-refractivity contribution is 5.82. The molecule has 0 fully saturated rings. The smallest absolute Gasteiger partial charge is 0.352 e. The lowest BCUT2D eigenvalue weighted by Gasteiger charge is -2.15. The van der Waals surface area contributed by atoms with Gasteiger partial charge in [-0.3, -0.25) is 13.9 Å². The largest absolute Gasteiger partial charge is 0.388 e. The van der Waals surface area contributed by atoms with E-state index in [9.17, 15) is 19.1 Å². The monoisotopic (exact) mass is 455 g/mol. The average molecular weight is 455 g/mol. The van der Waals surface area contributed by atoms with Crippen LogP contribution in [0, 0.1) is 18.6 Å². The van der Waals surface area contributed by atoms with Crippen molar-refractivity contribution in [3.63, 3.8) is 0 Å². The summed E-state index contributed by atoms with van der Waals surface area (Å²) < 4.78 is 32.3. The lowest BCUT2D eigenvalue weighted by atomic mass is 10.0. The maximum absolute atomic E-state index is 15.2. The summed E-state index contributed by atoms with van der Waals surface area (Å²) in [5, 5.41) is 13.5. The standard InChI is InChI=1S/C23H23F2N5O3/c1-5-28-19(11-31)27-30(23(28)33)21-18(25)9-15-20(26-21)16(12(2)3)10-29(22(15)32)14-6-7-17(24)13(4)8-14/h6-10,12,31H,5,11H2,1-4H3. The number of nitrogens with zero attached hydrogens (tertiary/aromatic N) is 5. The predicted octanol–water partition coefficient (Wildman–Crippen LogP) is 2.96. The Labute approximate surface area is 187 Å².